The number of pyridine rings is 1. The Kier molecular flexibility index (Phi) is 6.42. The molecule has 0 saturated heterocycles. The van der Waals surface area contributed by atoms with E-state index < -0.39 is 11.7 Å². The number of benzene rings is 2. The van der Waals surface area contributed by atoms with Crippen molar-refractivity contribution in [2.45, 2.75) is 45.8 Å². The van der Waals surface area contributed by atoms with Crippen molar-refractivity contribution in [2.75, 3.05) is 27.6 Å². The molecule has 0 spiro atoms. The van der Waals surface area contributed by atoms with Crippen LogP contribution in [-0.4, -0.2) is 49.6 Å². The minimum Gasteiger partial charge on any atom is -0.493 e. The van der Waals surface area contributed by atoms with Gasteiger partial charge in [-0.1, -0.05) is 0 Å². The molecule has 200 valence electrons. The highest BCUT2D eigenvalue weighted by molar-refractivity contribution is 6.27. The highest BCUT2D eigenvalue weighted by atomic mass is 16.7. The van der Waals surface area contributed by atoms with Gasteiger partial charge in [-0.05, 0) is 57.9 Å². The maximum Gasteiger partial charge on any atom is 0.407 e. The number of amides is 1. The number of fused-ring (bicyclic) bond motifs is 6. The van der Waals surface area contributed by atoms with Crippen molar-refractivity contribution < 1.29 is 33.3 Å². The molecule has 2 heterocycles. The third-order valence-electron chi connectivity index (χ3n) is 6.49. The number of hydrogen-bond acceptors (Lipinski definition) is 8. The quantitative estimate of drug-likeness (QED) is 0.358. The van der Waals surface area contributed by atoms with Crippen molar-refractivity contribution in [3.8, 4) is 34.3 Å². The van der Waals surface area contributed by atoms with Gasteiger partial charge in [-0.15, -0.1) is 0 Å². The molecule has 10 nitrogen and oxygen atoms in total. The first kappa shape index (κ1) is 25.4. The largest absolute Gasteiger partial charge is 0.493 e. The number of alkyl carbamates (subject to hydrolysis) is 1. The number of nitrogens with one attached hydrogen (secondary N) is 1. The number of methoxy groups -OCH3 is 2. The number of nitrogens with zero attached hydrogens (tertiary/aromatic N) is 1. The normalized spacial score (nSPS) is 13.3. The molecule has 1 aliphatic heterocycles. The zero-order valence-corrected chi connectivity index (χ0v) is 22.1. The van der Waals surface area contributed by atoms with Gasteiger partial charge in [-0.25, -0.2) is 4.79 Å². The molecule has 0 fully saturated rings. The number of rotatable bonds is 7. The van der Waals surface area contributed by atoms with Gasteiger partial charge >= 0.3 is 6.09 Å². The molecule has 0 unspecified atom stereocenters. The smallest absolute Gasteiger partial charge is 0.407 e. The summed E-state index contributed by atoms with van der Waals surface area (Å²) in [5.41, 5.74) is 1.19. The maximum atomic E-state index is 13.8. The number of aromatic nitrogens is 1. The molecule has 0 saturated carbocycles. The number of ether oxygens (including phenoxy) is 5. The van der Waals surface area contributed by atoms with Crippen LogP contribution in [0.3, 0.4) is 0 Å². The fourth-order valence-corrected chi connectivity index (χ4v) is 4.86. The van der Waals surface area contributed by atoms with E-state index in [9.17, 15) is 14.4 Å². The number of carbonyl (C=O) groups excluding carboxylic acids is 2. The molecule has 3 aromatic rings. The summed E-state index contributed by atoms with van der Waals surface area (Å²) in [4.78, 5) is 39.5. The van der Waals surface area contributed by atoms with Crippen molar-refractivity contribution in [1.29, 1.82) is 0 Å². The number of hydrogen-bond donors (Lipinski definition) is 1. The summed E-state index contributed by atoms with van der Waals surface area (Å²) in [5, 5.41) is 3.59. The van der Waals surface area contributed by atoms with E-state index in [1.807, 2.05) is 0 Å². The number of carbonyl (C=O) groups is 2. The molecule has 2 aromatic carbocycles. The third kappa shape index (κ3) is 4.40. The van der Waals surface area contributed by atoms with Gasteiger partial charge in [0, 0.05) is 29.6 Å². The summed E-state index contributed by atoms with van der Waals surface area (Å²) in [5.74, 6) is 1.64. The summed E-state index contributed by atoms with van der Waals surface area (Å²) in [7, 11) is 3.00. The van der Waals surface area contributed by atoms with E-state index in [2.05, 4.69) is 5.32 Å². The lowest BCUT2D eigenvalue weighted by molar-refractivity contribution is 0.0526. The Morgan fingerprint density at radius 1 is 0.947 bits per heavy atom. The molecule has 0 radical (unpaired) electrons. The summed E-state index contributed by atoms with van der Waals surface area (Å²) >= 11 is 0. The first-order chi connectivity index (χ1) is 18.1. The van der Waals surface area contributed by atoms with E-state index in [1.165, 1.54) is 14.2 Å². The second-order valence-corrected chi connectivity index (χ2v) is 10.1. The fourth-order valence-electron chi connectivity index (χ4n) is 4.86. The van der Waals surface area contributed by atoms with Gasteiger partial charge in [0.25, 0.3) is 5.56 Å². The van der Waals surface area contributed by atoms with Crippen molar-refractivity contribution in [2.24, 2.45) is 0 Å². The lowest BCUT2D eigenvalue weighted by Gasteiger charge is -2.19. The topological polar surface area (TPSA) is 114 Å². The molecule has 2 aliphatic rings. The Balaban J connectivity index is 1.54. The summed E-state index contributed by atoms with van der Waals surface area (Å²) < 4.78 is 28.8. The average molecular weight is 523 g/mol. The van der Waals surface area contributed by atoms with Crippen LogP contribution in [0.2, 0.25) is 0 Å². The van der Waals surface area contributed by atoms with Crippen molar-refractivity contribution in [3.05, 3.63) is 45.7 Å². The second-order valence-electron chi connectivity index (χ2n) is 10.1. The summed E-state index contributed by atoms with van der Waals surface area (Å²) in [6.45, 7) is 6.20. The average Bonchev–Trinajstić information content (AvgIpc) is 3.44. The molecule has 1 aliphatic carbocycles. The first-order valence-electron chi connectivity index (χ1n) is 12.4. The van der Waals surface area contributed by atoms with Crippen LogP contribution in [0.1, 0.15) is 49.5 Å². The molecule has 5 rings (SSSR count). The Morgan fingerprint density at radius 3 is 2.21 bits per heavy atom. The van der Waals surface area contributed by atoms with E-state index in [0.717, 1.165) is 0 Å². The van der Waals surface area contributed by atoms with Gasteiger partial charge in [0.05, 0.1) is 30.9 Å². The van der Waals surface area contributed by atoms with Crippen molar-refractivity contribution in [3.63, 3.8) is 0 Å². The molecule has 38 heavy (non-hydrogen) atoms. The van der Waals surface area contributed by atoms with Crippen molar-refractivity contribution >= 4 is 22.6 Å². The van der Waals surface area contributed by atoms with E-state index in [-0.39, 0.29) is 18.1 Å². The minimum atomic E-state index is -0.582. The van der Waals surface area contributed by atoms with E-state index in [1.54, 1.807) is 49.6 Å². The van der Waals surface area contributed by atoms with Crippen LogP contribution in [0, 0.1) is 0 Å². The first-order valence-corrected chi connectivity index (χ1v) is 12.4. The van der Waals surface area contributed by atoms with E-state index >= 15 is 0 Å². The van der Waals surface area contributed by atoms with E-state index in [0.29, 0.717) is 82.1 Å². The van der Waals surface area contributed by atoms with Crippen LogP contribution in [-0.2, 0) is 11.3 Å². The highest BCUT2D eigenvalue weighted by Crippen LogP contribution is 2.46. The minimum absolute atomic E-state index is 0.0748. The molecule has 1 N–H and O–H groups in total. The zero-order valence-electron chi connectivity index (χ0n) is 22.1. The number of unbranched alkanes of at least 4 members (excludes halogenated alkanes) is 1. The predicted octanol–water partition coefficient (Wildman–Crippen LogP) is 4.26. The Bertz CT molecular complexity index is 1520. The molecular weight excluding hydrogens is 492 g/mol. The molecule has 1 aromatic heterocycles. The van der Waals surface area contributed by atoms with Crippen LogP contribution < -0.4 is 29.8 Å². The van der Waals surface area contributed by atoms with Gasteiger partial charge in [-0.2, -0.15) is 0 Å². The van der Waals surface area contributed by atoms with Gasteiger partial charge in [0.15, 0.2) is 28.8 Å². The Hall–Kier alpha value is -4.21. The fraction of sp³-hybridized carbons (Fsp3) is 0.393. The van der Waals surface area contributed by atoms with Crippen LogP contribution >= 0.6 is 0 Å². The van der Waals surface area contributed by atoms with Gasteiger partial charge in [0.1, 0.15) is 5.60 Å². The number of ketones is 1. The second kappa shape index (κ2) is 9.59. The zero-order chi connectivity index (χ0) is 27.2. The molecule has 0 bridgehead atoms. The lowest BCUT2D eigenvalue weighted by atomic mass is 10.0. The highest BCUT2D eigenvalue weighted by Gasteiger charge is 2.35. The molecular formula is C28H30N2O8. The van der Waals surface area contributed by atoms with Crippen LogP contribution in [0.25, 0.3) is 22.0 Å². The Labute approximate surface area is 219 Å². The van der Waals surface area contributed by atoms with Crippen LogP contribution in [0.5, 0.6) is 23.0 Å². The van der Waals surface area contributed by atoms with Crippen LogP contribution in [0.4, 0.5) is 4.79 Å². The predicted molar refractivity (Wildman–Crippen MR) is 140 cm³/mol. The maximum absolute atomic E-state index is 13.8. The molecule has 1 amide bonds. The van der Waals surface area contributed by atoms with Gasteiger partial charge in [0.2, 0.25) is 6.79 Å². The standard InChI is InChI=1S/C28H30N2O8/c1-28(2,3)38-27(33)29-8-6-7-9-30-24-16-11-21-22(37-14-36-21)12-17(16)25(31)23(24)15-10-19(34-4)20(35-5)13-18(15)26(30)32/h10-13H,6-9,14H2,1-5H3,(H,29,33). The van der Waals surface area contributed by atoms with E-state index in [4.69, 9.17) is 23.7 Å². The third-order valence-corrected chi connectivity index (χ3v) is 6.49. The summed E-state index contributed by atoms with van der Waals surface area (Å²) in [6, 6.07) is 6.72. The lowest BCUT2D eigenvalue weighted by Crippen LogP contribution is -2.33. The Morgan fingerprint density at radius 2 is 1.58 bits per heavy atom. The SMILES string of the molecule is COc1cc2c3c(n(CCCCNC(=O)OC(C)(C)C)c(=O)c2cc1OC)-c1cc2c(cc1C3=O)OCO2. The van der Waals surface area contributed by atoms with Gasteiger partial charge < -0.3 is 33.6 Å². The summed E-state index contributed by atoms with van der Waals surface area (Å²) in [6.07, 6.45) is 0.694. The van der Waals surface area contributed by atoms with Crippen LogP contribution in [0.15, 0.2) is 29.1 Å². The van der Waals surface area contributed by atoms with Gasteiger partial charge in [-0.3, -0.25) is 9.59 Å². The molecule has 0 atom stereocenters. The van der Waals surface area contributed by atoms with Crippen molar-refractivity contribution in [1.82, 2.24) is 9.88 Å². The molecule has 10 heteroatoms. The monoisotopic (exact) mass is 522 g/mol.